The van der Waals surface area contributed by atoms with Gasteiger partial charge in [-0.15, -0.1) is 0 Å². The smallest absolute Gasteiger partial charge is 0.475 e. The van der Waals surface area contributed by atoms with Crippen LogP contribution in [0, 0.1) is 17.1 Å². The maximum Gasteiger partial charge on any atom is 0.490 e. The molecule has 9 nitrogen and oxygen atoms in total. The lowest BCUT2D eigenvalue weighted by molar-refractivity contribution is -0.192. The number of H-pyrrole nitrogens is 1. The zero-order valence-electron chi connectivity index (χ0n) is 18.3. The molecule has 16 heteroatoms. The maximum absolute atomic E-state index is 15.0. The van der Waals surface area contributed by atoms with Crippen molar-refractivity contribution in [2.45, 2.75) is 12.7 Å². The van der Waals surface area contributed by atoms with Crippen molar-refractivity contribution in [2.75, 3.05) is 12.4 Å². The van der Waals surface area contributed by atoms with Crippen LogP contribution in [0.1, 0.15) is 21.6 Å². The van der Waals surface area contributed by atoms with Gasteiger partial charge in [0.25, 0.3) is 5.91 Å². The minimum Gasteiger partial charge on any atom is -0.475 e. The molecule has 0 spiro atoms. The molecule has 0 unspecified atom stereocenters. The first-order valence-electron chi connectivity index (χ1n) is 9.63. The highest BCUT2D eigenvalue weighted by atomic mass is 35.5. The Labute approximate surface area is 220 Å². The highest BCUT2D eigenvalue weighted by Gasteiger charge is 2.38. The predicted molar refractivity (Wildman–Crippen MR) is 126 cm³/mol. The topological polar surface area (TPSA) is 140 Å². The van der Waals surface area contributed by atoms with E-state index in [-0.39, 0.29) is 50.1 Å². The van der Waals surface area contributed by atoms with Gasteiger partial charge in [-0.05, 0) is 24.3 Å². The Morgan fingerprint density at radius 1 is 1.22 bits per heavy atom. The van der Waals surface area contributed by atoms with Gasteiger partial charge in [0.2, 0.25) is 5.95 Å². The normalized spacial score (nSPS) is 10.6. The van der Waals surface area contributed by atoms with E-state index in [0.29, 0.717) is 5.95 Å². The summed E-state index contributed by atoms with van der Waals surface area (Å²) in [5.41, 5.74) is 0.329. The number of carbonyl (C=O) groups is 2. The van der Waals surface area contributed by atoms with Gasteiger partial charge < -0.3 is 25.5 Å². The SMILES string of the molecule is CNc1nc(C(=O)NCc2ccc(Cl)c(Oc3cc(Cl)cc(C#N)c3)c2F)c(Cl)[nH]1.O=C(O)C(F)(F)F. The molecule has 0 aliphatic rings. The Balaban J connectivity index is 0.000000604. The third-order valence-electron chi connectivity index (χ3n) is 4.14. The van der Waals surface area contributed by atoms with E-state index in [4.69, 9.17) is 54.7 Å². The summed E-state index contributed by atoms with van der Waals surface area (Å²) in [5, 5.41) is 21.7. The number of rotatable bonds is 6. The summed E-state index contributed by atoms with van der Waals surface area (Å²) >= 11 is 18.0. The number of imidazole rings is 1. The maximum atomic E-state index is 15.0. The number of hydrogen-bond acceptors (Lipinski definition) is 6. The van der Waals surface area contributed by atoms with Gasteiger partial charge in [0, 0.05) is 24.2 Å². The second kappa shape index (κ2) is 12.5. The summed E-state index contributed by atoms with van der Waals surface area (Å²) < 4.78 is 52.2. The largest absolute Gasteiger partial charge is 0.490 e. The molecule has 0 fully saturated rings. The van der Waals surface area contributed by atoms with E-state index in [1.807, 2.05) is 6.07 Å². The van der Waals surface area contributed by atoms with E-state index in [1.54, 1.807) is 7.05 Å². The number of amides is 1. The van der Waals surface area contributed by atoms with Gasteiger partial charge in [0.15, 0.2) is 17.3 Å². The van der Waals surface area contributed by atoms with E-state index < -0.39 is 23.9 Å². The minimum atomic E-state index is -5.08. The number of nitrogens with zero attached hydrogens (tertiary/aromatic N) is 2. The van der Waals surface area contributed by atoms with Crippen molar-refractivity contribution >= 4 is 52.6 Å². The van der Waals surface area contributed by atoms with E-state index in [1.165, 1.54) is 30.3 Å². The lowest BCUT2D eigenvalue weighted by Crippen LogP contribution is -2.24. The van der Waals surface area contributed by atoms with Crippen molar-refractivity contribution in [1.82, 2.24) is 15.3 Å². The molecule has 2 aromatic carbocycles. The molecule has 0 aliphatic heterocycles. The number of aliphatic carboxylic acids is 1. The van der Waals surface area contributed by atoms with Crippen molar-refractivity contribution in [1.29, 1.82) is 5.26 Å². The number of nitriles is 1. The fourth-order valence-corrected chi connectivity index (χ4v) is 3.11. The van der Waals surface area contributed by atoms with Crippen molar-refractivity contribution < 1.29 is 37.0 Å². The number of hydrogen-bond donors (Lipinski definition) is 4. The van der Waals surface area contributed by atoms with Gasteiger partial charge in [-0.1, -0.05) is 40.9 Å². The number of carboxylic acid groups (broad SMARTS) is 1. The molecule has 0 saturated carbocycles. The number of halogens is 7. The van der Waals surface area contributed by atoms with Crippen molar-refractivity contribution in [3.8, 4) is 17.6 Å². The van der Waals surface area contributed by atoms with Crippen LogP contribution < -0.4 is 15.4 Å². The molecule has 3 aromatic rings. The fraction of sp³-hybridized carbons (Fsp3) is 0.143. The molecule has 0 aliphatic carbocycles. The van der Waals surface area contributed by atoms with Gasteiger partial charge in [-0.2, -0.15) is 18.4 Å². The number of nitrogens with one attached hydrogen (secondary N) is 3. The van der Waals surface area contributed by atoms with Gasteiger partial charge >= 0.3 is 12.1 Å². The molecule has 0 atom stereocenters. The fourth-order valence-electron chi connectivity index (χ4n) is 2.49. The summed E-state index contributed by atoms with van der Waals surface area (Å²) in [5.74, 6) is -3.92. The zero-order valence-corrected chi connectivity index (χ0v) is 20.6. The third kappa shape index (κ3) is 8.14. The summed E-state index contributed by atoms with van der Waals surface area (Å²) in [6.45, 7) is -0.171. The lowest BCUT2D eigenvalue weighted by Gasteiger charge is -2.13. The molecular weight excluding hydrogens is 569 g/mol. The minimum absolute atomic E-state index is 0.00932. The van der Waals surface area contributed by atoms with Crippen molar-refractivity contribution in [2.24, 2.45) is 0 Å². The van der Waals surface area contributed by atoms with Crippen LogP contribution in [0.25, 0.3) is 0 Å². The van der Waals surface area contributed by atoms with Crippen LogP contribution in [0.2, 0.25) is 15.2 Å². The van der Waals surface area contributed by atoms with Crippen LogP contribution in [0.15, 0.2) is 30.3 Å². The number of ether oxygens (including phenoxy) is 1. The first-order valence-corrected chi connectivity index (χ1v) is 10.8. The third-order valence-corrected chi connectivity index (χ3v) is 4.93. The van der Waals surface area contributed by atoms with Crippen molar-refractivity contribution in [3.05, 3.63) is 68.2 Å². The number of carbonyl (C=O) groups excluding carboxylic acids is 1. The van der Waals surface area contributed by atoms with Gasteiger partial charge in [0.05, 0.1) is 16.7 Å². The zero-order chi connectivity index (χ0) is 27.9. The summed E-state index contributed by atoms with van der Waals surface area (Å²) in [7, 11) is 1.61. The van der Waals surface area contributed by atoms with E-state index in [2.05, 4.69) is 20.6 Å². The van der Waals surface area contributed by atoms with E-state index in [9.17, 15) is 22.4 Å². The van der Waals surface area contributed by atoms with Crippen molar-refractivity contribution in [3.63, 3.8) is 0 Å². The van der Waals surface area contributed by atoms with E-state index in [0.717, 1.165) is 0 Å². The molecule has 0 radical (unpaired) electrons. The molecule has 37 heavy (non-hydrogen) atoms. The number of carboxylic acids is 1. The number of aromatic nitrogens is 2. The Morgan fingerprint density at radius 3 is 2.41 bits per heavy atom. The lowest BCUT2D eigenvalue weighted by atomic mass is 10.2. The molecule has 4 N–H and O–H groups in total. The average molecular weight is 583 g/mol. The monoisotopic (exact) mass is 581 g/mol. The van der Waals surface area contributed by atoms with Crippen LogP contribution in [0.4, 0.5) is 23.5 Å². The standard InChI is InChI=1S/C19H13Cl3FN5O2.C2HF3O2/c1-25-19-27-15(17(22)28-19)18(29)26-8-10-2-3-13(21)16(14(10)23)30-12-5-9(7-24)4-11(20)6-12;3-2(4,5)1(6)7/h2-6H,8H2,1H3,(H,26,29)(H2,25,27,28);(H,6,7). The quantitative estimate of drug-likeness (QED) is 0.270. The van der Waals surface area contributed by atoms with E-state index >= 15 is 0 Å². The van der Waals surface area contributed by atoms with Crippen LogP contribution in [0.3, 0.4) is 0 Å². The molecule has 196 valence electrons. The number of alkyl halides is 3. The second-order valence-corrected chi connectivity index (χ2v) is 7.94. The highest BCUT2D eigenvalue weighted by Crippen LogP contribution is 2.35. The Morgan fingerprint density at radius 2 is 1.86 bits per heavy atom. The van der Waals surface area contributed by atoms with Crippen LogP contribution in [-0.4, -0.2) is 40.2 Å². The summed E-state index contributed by atoms with van der Waals surface area (Å²) in [6, 6.07) is 9.03. The first kappa shape index (κ1) is 29.5. The van der Waals surface area contributed by atoms with Gasteiger partial charge in [-0.25, -0.2) is 14.2 Å². The number of anilines is 1. The molecule has 1 aromatic heterocycles. The Kier molecular flexibility index (Phi) is 9.96. The molecule has 1 amide bonds. The average Bonchev–Trinajstić information content (AvgIpc) is 3.21. The molecular formula is C21H14Cl3F4N5O4. The number of benzene rings is 2. The molecule has 0 bridgehead atoms. The second-order valence-electron chi connectivity index (χ2n) is 6.72. The van der Waals surface area contributed by atoms with Crippen LogP contribution in [0.5, 0.6) is 11.5 Å². The number of aromatic amines is 1. The molecule has 3 rings (SSSR count). The first-order chi connectivity index (χ1) is 17.3. The summed E-state index contributed by atoms with van der Waals surface area (Å²) in [4.78, 5) is 27.9. The summed E-state index contributed by atoms with van der Waals surface area (Å²) in [6.07, 6.45) is -5.08. The Bertz CT molecular complexity index is 1360. The van der Waals surface area contributed by atoms with Gasteiger partial charge in [-0.3, -0.25) is 4.79 Å². The van der Waals surface area contributed by atoms with Crippen LogP contribution in [-0.2, 0) is 11.3 Å². The predicted octanol–water partition coefficient (Wildman–Crippen LogP) is 5.78. The van der Waals surface area contributed by atoms with Crippen LogP contribution >= 0.6 is 34.8 Å². The molecule has 1 heterocycles. The van der Waals surface area contributed by atoms with Gasteiger partial charge in [0.1, 0.15) is 10.9 Å². The molecule has 0 saturated heterocycles. The Hall–Kier alpha value is -3.73. The highest BCUT2D eigenvalue weighted by molar-refractivity contribution is 6.33.